The molecule has 0 aromatic heterocycles. The predicted octanol–water partition coefficient (Wildman–Crippen LogP) is 4.95. The fourth-order valence-corrected chi connectivity index (χ4v) is 4.48. The van der Waals surface area contributed by atoms with Gasteiger partial charge in [0.25, 0.3) is 0 Å². The molecule has 3 nitrogen and oxygen atoms in total. The molecule has 28 heavy (non-hydrogen) atoms. The largest absolute Gasteiger partial charge is 0.508 e. The van der Waals surface area contributed by atoms with Crippen LogP contribution in [0.3, 0.4) is 0 Å². The van der Waals surface area contributed by atoms with E-state index in [0.29, 0.717) is 11.6 Å². The molecule has 0 spiro atoms. The first-order valence-electron chi connectivity index (χ1n) is 9.64. The number of hydrogen-bond donors (Lipinski definition) is 2. The molecule has 2 N–H and O–H groups in total. The maximum atomic E-state index is 12.1. The van der Waals surface area contributed by atoms with E-state index in [9.17, 15) is 10.2 Å². The lowest BCUT2D eigenvalue weighted by molar-refractivity contribution is -0.00672. The Kier molecular flexibility index (Phi) is 5.40. The zero-order valence-corrected chi connectivity index (χ0v) is 16.4. The average Bonchev–Trinajstić information content (AvgIpc) is 3.19. The molecular formula is C24H24ClNO2. The molecule has 1 atom stereocenters. The molecule has 4 heteroatoms. The Morgan fingerprint density at radius 1 is 0.929 bits per heavy atom. The van der Waals surface area contributed by atoms with E-state index in [1.54, 1.807) is 12.1 Å². The number of nitrogens with zero attached hydrogens (tertiary/aromatic N) is 1. The van der Waals surface area contributed by atoms with Crippen molar-refractivity contribution in [1.29, 1.82) is 0 Å². The van der Waals surface area contributed by atoms with Gasteiger partial charge < -0.3 is 10.2 Å². The summed E-state index contributed by atoms with van der Waals surface area (Å²) in [4.78, 5) is 2.27. The molecule has 3 aromatic carbocycles. The number of aromatic hydroxyl groups is 1. The van der Waals surface area contributed by atoms with Crippen molar-refractivity contribution in [3.8, 4) is 5.75 Å². The fourth-order valence-electron chi connectivity index (χ4n) is 4.31. The molecule has 144 valence electrons. The minimum absolute atomic E-state index is 0.0904. The highest BCUT2D eigenvalue weighted by molar-refractivity contribution is 6.30. The second kappa shape index (κ2) is 7.96. The Hall–Kier alpha value is -2.33. The summed E-state index contributed by atoms with van der Waals surface area (Å²) in [5.74, 6) is 0.195. The maximum absolute atomic E-state index is 12.1. The Balaban J connectivity index is 1.73. The van der Waals surface area contributed by atoms with Crippen molar-refractivity contribution in [3.63, 3.8) is 0 Å². The van der Waals surface area contributed by atoms with Crippen LogP contribution in [0.5, 0.6) is 5.75 Å². The van der Waals surface area contributed by atoms with Gasteiger partial charge in [0.2, 0.25) is 0 Å². The van der Waals surface area contributed by atoms with Crippen LogP contribution in [0.1, 0.15) is 29.5 Å². The highest BCUT2D eigenvalue weighted by Crippen LogP contribution is 2.41. The monoisotopic (exact) mass is 393 g/mol. The van der Waals surface area contributed by atoms with Crippen molar-refractivity contribution < 1.29 is 10.2 Å². The molecule has 3 aromatic rings. The van der Waals surface area contributed by atoms with Crippen molar-refractivity contribution in [2.75, 3.05) is 6.54 Å². The second-order valence-electron chi connectivity index (χ2n) is 7.40. The van der Waals surface area contributed by atoms with Gasteiger partial charge in [-0.1, -0.05) is 78.3 Å². The molecule has 0 aliphatic carbocycles. The van der Waals surface area contributed by atoms with Crippen LogP contribution in [0, 0.1) is 0 Å². The Bertz CT molecular complexity index is 890. The molecule has 0 amide bonds. The number of aliphatic hydroxyl groups is 1. The topological polar surface area (TPSA) is 43.7 Å². The molecule has 1 saturated heterocycles. The van der Waals surface area contributed by atoms with Crippen LogP contribution in [0.15, 0.2) is 78.9 Å². The fraction of sp³-hybridized carbons (Fsp3) is 0.250. The summed E-state index contributed by atoms with van der Waals surface area (Å²) in [6, 6.07) is 24.9. The highest BCUT2D eigenvalue weighted by atomic mass is 35.5. The van der Waals surface area contributed by atoms with Crippen LogP contribution in [0.25, 0.3) is 0 Å². The van der Waals surface area contributed by atoms with Crippen molar-refractivity contribution in [1.82, 2.24) is 4.90 Å². The van der Waals surface area contributed by atoms with E-state index in [-0.39, 0.29) is 11.8 Å². The van der Waals surface area contributed by atoms with E-state index in [0.717, 1.165) is 36.1 Å². The van der Waals surface area contributed by atoms with Crippen molar-refractivity contribution >= 4 is 11.6 Å². The lowest BCUT2D eigenvalue weighted by Crippen LogP contribution is -2.48. The minimum Gasteiger partial charge on any atom is -0.508 e. The lowest BCUT2D eigenvalue weighted by atomic mass is 9.79. The first-order valence-corrected chi connectivity index (χ1v) is 10.0. The van der Waals surface area contributed by atoms with Crippen LogP contribution >= 0.6 is 11.6 Å². The number of rotatable bonds is 5. The highest BCUT2D eigenvalue weighted by Gasteiger charge is 2.45. The summed E-state index contributed by atoms with van der Waals surface area (Å²) in [6.45, 7) is 1.43. The van der Waals surface area contributed by atoms with Gasteiger partial charge in [-0.15, -0.1) is 0 Å². The third kappa shape index (κ3) is 3.53. The molecule has 1 aliphatic rings. The van der Waals surface area contributed by atoms with Gasteiger partial charge in [-0.3, -0.25) is 4.90 Å². The third-order valence-corrected chi connectivity index (χ3v) is 5.93. The Morgan fingerprint density at radius 2 is 1.54 bits per heavy atom. The SMILES string of the molecule is Oc1cc(Cl)ccc1CN1CCC[C@@H]1C(O)(c1ccccc1)c1ccccc1. The van der Waals surface area contributed by atoms with Crippen molar-refractivity contribution in [2.24, 2.45) is 0 Å². The molecule has 0 radical (unpaired) electrons. The van der Waals surface area contributed by atoms with Gasteiger partial charge in [0, 0.05) is 23.2 Å². The van der Waals surface area contributed by atoms with E-state index in [1.807, 2.05) is 66.7 Å². The van der Waals surface area contributed by atoms with Crippen LogP contribution < -0.4 is 0 Å². The Morgan fingerprint density at radius 3 is 2.11 bits per heavy atom. The zero-order chi connectivity index (χ0) is 19.6. The molecule has 1 aliphatic heterocycles. The summed E-state index contributed by atoms with van der Waals surface area (Å²) >= 11 is 5.98. The number of phenols is 1. The minimum atomic E-state index is -1.12. The zero-order valence-electron chi connectivity index (χ0n) is 15.6. The molecule has 0 unspecified atom stereocenters. The van der Waals surface area contributed by atoms with Gasteiger partial charge in [-0.05, 0) is 42.6 Å². The molecule has 1 heterocycles. The summed E-state index contributed by atoms with van der Waals surface area (Å²) in [5, 5.41) is 22.9. The summed E-state index contributed by atoms with van der Waals surface area (Å²) in [6.07, 6.45) is 1.88. The van der Waals surface area contributed by atoms with E-state index >= 15 is 0 Å². The van der Waals surface area contributed by atoms with Gasteiger partial charge in [0.15, 0.2) is 0 Å². The van der Waals surface area contributed by atoms with E-state index < -0.39 is 5.60 Å². The number of phenolic OH excluding ortho intramolecular Hbond substituents is 1. The van der Waals surface area contributed by atoms with Crippen LogP contribution in [0.2, 0.25) is 5.02 Å². The second-order valence-corrected chi connectivity index (χ2v) is 7.84. The number of likely N-dealkylation sites (tertiary alicyclic amines) is 1. The van der Waals surface area contributed by atoms with E-state index in [2.05, 4.69) is 4.90 Å². The van der Waals surface area contributed by atoms with Crippen LogP contribution in [-0.4, -0.2) is 27.7 Å². The molecule has 0 bridgehead atoms. The molecule has 0 saturated carbocycles. The van der Waals surface area contributed by atoms with Crippen molar-refractivity contribution in [3.05, 3.63) is 101 Å². The standard InChI is InChI=1S/C24H24ClNO2/c25-21-14-13-18(22(27)16-21)17-26-15-7-12-23(26)24(28,19-8-3-1-4-9-19)20-10-5-2-6-11-20/h1-6,8-11,13-14,16,23,27-28H,7,12,15,17H2/t23-/m1/s1. The number of hydrogen-bond acceptors (Lipinski definition) is 3. The quantitative estimate of drug-likeness (QED) is 0.644. The normalized spacial score (nSPS) is 17.7. The molecule has 1 fully saturated rings. The summed E-state index contributed by atoms with van der Waals surface area (Å²) in [7, 11) is 0. The van der Waals surface area contributed by atoms with Crippen LogP contribution in [-0.2, 0) is 12.1 Å². The summed E-state index contributed by atoms with van der Waals surface area (Å²) in [5.41, 5.74) is 1.47. The first kappa shape index (κ1) is 19.0. The summed E-state index contributed by atoms with van der Waals surface area (Å²) < 4.78 is 0. The first-order chi connectivity index (χ1) is 13.6. The average molecular weight is 394 g/mol. The van der Waals surface area contributed by atoms with Crippen molar-refractivity contribution in [2.45, 2.75) is 31.0 Å². The lowest BCUT2D eigenvalue weighted by Gasteiger charge is -2.40. The predicted molar refractivity (Wildman–Crippen MR) is 112 cm³/mol. The third-order valence-electron chi connectivity index (χ3n) is 5.69. The van der Waals surface area contributed by atoms with E-state index in [1.165, 1.54) is 0 Å². The van der Waals surface area contributed by atoms with Gasteiger partial charge in [-0.25, -0.2) is 0 Å². The molecule has 4 rings (SSSR count). The van der Waals surface area contributed by atoms with Gasteiger partial charge in [-0.2, -0.15) is 0 Å². The smallest absolute Gasteiger partial charge is 0.130 e. The number of benzene rings is 3. The van der Waals surface area contributed by atoms with Gasteiger partial charge >= 0.3 is 0 Å². The number of halogens is 1. The maximum Gasteiger partial charge on any atom is 0.130 e. The van der Waals surface area contributed by atoms with Gasteiger partial charge in [0.05, 0.1) is 0 Å². The van der Waals surface area contributed by atoms with Crippen LogP contribution in [0.4, 0.5) is 0 Å². The van der Waals surface area contributed by atoms with Gasteiger partial charge in [0.1, 0.15) is 11.4 Å². The van der Waals surface area contributed by atoms with E-state index in [4.69, 9.17) is 11.6 Å². The molecular weight excluding hydrogens is 370 g/mol. The Labute approximate surface area is 170 Å².